The van der Waals surface area contributed by atoms with Crippen molar-refractivity contribution in [2.24, 2.45) is 5.41 Å². The molecule has 1 aliphatic heterocycles. The molecule has 18 heavy (non-hydrogen) atoms. The summed E-state index contributed by atoms with van der Waals surface area (Å²) in [5, 5.41) is 7.09. The Morgan fingerprint density at radius 3 is 1.78 bits per heavy atom. The van der Waals surface area contributed by atoms with Crippen LogP contribution < -0.4 is 20.1 Å². The first-order chi connectivity index (χ1) is 8.76. The van der Waals surface area contributed by atoms with E-state index in [1.165, 1.54) is 19.3 Å². The van der Waals surface area contributed by atoms with E-state index in [-0.39, 0.29) is 0 Å². The maximum absolute atomic E-state index is 5.34. The van der Waals surface area contributed by atoms with E-state index >= 15 is 0 Å². The van der Waals surface area contributed by atoms with Gasteiger partial charge in [-0.25, -0.2) is 0 Å². The lowest BCUT2D eigenvalue weighted by molar-refractivity contribution is 0.171. The Morgan fingerprint density at radius 1 is 0.944 bits per heavy atom. The first-order valence-electron chi connectivity index (χ1n) is 6.50. The second-order valence-electron chi connectivity index (χ2n) is 5.31. The average Bonchev–Trinajstić information content (AvgIpc) is 2.55. The van der Waals surface area contributed by atoms with E-state index < -0.39 is 0 Å². The number of methoxy groups -OCH3 is 2. The maximum atomic E-state index is 5.34. The van der Waals surface area contributed by atoms with Crippen LogP contribution in [0.5, 0.6) is 11.5 Å². The lowest BCUT2D eigenvalue weighted by Gasteiger charge is -2.41. The van der Waals surface area contributed by atoms with E-state index in [1.54, 1.807) is 14.2 Å². The number of hydrogen-bond donors (Lipinski definition) is 2. The van der Waals surface area contributed by atoms with Gasteiger partial charge >= 0.3 is 0 Å². The van der Waals surface area contributed by atoms with E-state index in [0.717, 1.165) is 36.0 Å². The molecule has 1 aromatic carbocycles. The van der Waals surface area contributed by atoms with Crippen LogP contribution in [0.15, 0.2) is 12.1 Å². The van der Waals surface area contributed by atoms with Gasteiger partial charge < -0.3 is 20.1 Å². The van der Waals surface area contributed by atoms with Crippen molar-refractivity contribution in [2.45, 2.75) is 19.3 Å². The van der Waals surface area contributed by atoms with Crippen molar-refractivity contribution >= 4 is 11.4 Å². The van der Waals surface area contributed by atoms with Crippen molar-refractivity contribution in [1.82, 2.24) is 0 Å². The van der Waals surface area contributed by atoms with E-state index in [9.17, 15) is 0 Å². The zero-order valence-corrected chi connectivity index (χ0v) is 11.0. The minimum Gasteiger partial charge on any atom is -0.493 e. The molecule has 0 bridgehead atoms. The molecule has 1 heterocycles. The molecule has 2 aliphatic rings. The van der Waals surface area contributed by atoms with Gasteiger partial charge in [-0.3, -0.25) is 0 Å². The van der Waals surface area contributed by atoms with Crippen LogP contribution in [0.1, 0.15) is 19.3 Å². The third-order valence-corrected chi connectivity index (χ3v) is 4.25. The van der Waals surface area contributed by atoms with E-state index in [4.69, 9.17) is 9.47 Å². The summed E-state index contributed by atoms with van der Waals surface area (Å²) in [6, 6.07) is 4.03. The van der Waals surface area contributed by atoms with Crippen LogP contribution in [0, 0.1) is 5.41 Å². The van der Waals surface area contributed by atoms with Crippen molar-refractivity contribution in [2.75, 3.05) is 37.9 Å². The number of nitrogens with one attached hydrogen (secondary N) is 2. The van der Waals surface area contributed by atoms with Gasteiger partial charge in [-0.05, 0) is 12.8 Å². The van der Waals surface area contributed by atoms with E-state index in [0.29, 0.717) is 5.41 Å². The minimum absolute atomic E-state index is 0.444. The van der Waals surface area contributed by atoms with Crippen molar-refractivity contribution in [3.8, 4) is 11.5 Å². The van der Waals surface area contributed by atoms with Crippen LogP contribution >= 0.6 is 0 Å². The highest BCUT2D eigenvalue weighted by Crippen LogP contribution is 2.45. The molecule has 0 aromatic heterocycles. The molecule has 4 heteroatoms. The predicted octanol–water partition coefficient (Wildman–Crippen LogP) is 2.71. The third kappa shape index (κ3) is 1.76. The molecule has 1 aromatic rings. The van der Waals surface area contributed by atoms with Crippen molar-refractivity contribution in [3.05, 3.63) is 12.1 Å². The largest absolute Gasteiger partial charge is 0.493 e. The molecule has 98 valence electrons. The second kappa shape index (κ2) is 4.26. The van der Waals surface area contributed by atoms with Gasteiger partial charge in [0.05, 0.1) is 25.6 Å². The Morgan fingerprint density at radius 2 is 1.44 bits per heavy atom. The molecular formula is C14H20N2O2. The van der Waals surface area contributed by atoms with Crippen LogP contribution in [0.25, 0.3) is 0 Å². The molecule has 1 fully saturated rings. The molecule has 0 unspecified atom stereocenters. The lowest BCUT2D eigenvalue weighted by Crippen LogP contribution is -2.40. The highest BCUT2D eigenvalue weighted by molar-refractivity contribution is 5.75. The maximum Gasteiger partial charge on any atom is 0.162 e. The zero-order chi connectivity index (χ0) is 12.6. The Hall–Kier alpha value is -1.58. The van der Waals surface area contributed by atoms with Gasteiger partial charge in [0.25, 0.3) is 0 Å². The van der Waals surface area contributed by atoms with Crippen LogP contribution in [0.3, 0.4) is 0 Å². The summed E-state index contributed by atoms with van der Waals surface area (Å²) < 4.78 is 10.7. The monoisotopic (exact) mass is 248 g/mol. The fourth-order valence-corrected chi connectivity index (χ4v) is 2.83. The standard InChI is InChI=1S/C14H20N2O2/c1-17-12-6-10-11(7-13(12)18-2)16-9-14(8-15-10)4-3-5-14/h6-7,15-16H,3-5,8-9H2,1-2H3. The second-order valence-corrected chi connectivity index (χ2v) is 5.31. The Balaban J connectivity index is 1.91. The summed E-state index contributed by atoms with van der Waals surface area (Å²) in [7, 11) is 3.34. The molecule has 3 rings (SSSR count). The number of fused-ring (bicyclic) bond motifs is 1. The summed E-state index contributed by atoms with van der Waals surface area (Å²) in [6.07, 6.45) is 3.98. The third-order valence-electron chi connectivity index (χ3n) is 4.25. The van der Waals surface area contributed by atoms with Crippen LogP contribution in [0.2, 0.25) is 0 Å². The Bertz CT molecular complexity index is 418. The lowest BCUT2D eigenvalue weighted by atomic mass is 9.69. The van der Waals surface area contributed by atoms with Gasteiger partial charge in [-0.1, -0.05) is 6.42 Å². The zero-order valence-electron chi connectivity index (χ0n) is 11.0. The van der Waals surface area contributed by atoms with Crippen LogP contribution in [-0.4, -0.2) is 27.3 Å². The van der Waals surface area contributed by atoms with Gasteiger partial charge in [0.2, 0.25) is 0 Å². The quantitative estimate of drug-likeness (QED) is 0.844. The molecule has 0 amide bonds. The van der Waals surface area contributed by atoms with Crippen molar-refractivity contribution in [1.29, 1.82) is 0 Å². The number of benzene rings is 1. The highest BCUT2D eigenvalue weighted by atomic mass is 16.5. The number of ether oxygens (including phenoxy) is 2. The molecule has 0 atom stereocenters. The number of hydrogen-bond acceptors (Lipinski definition) is 4. The van der Waals surface area contributed by atoms with Gasteiger partial charge in [0, 0.05) is 30.6 Å². The Kier molecular flexibility index (Phi) is 2.73. The van der Waals surface area contributed by atoms with Gasteiger partial charge in [0.1, 0.15) is 0 Å². The molecule has 0 saturated heterocycles. The fourth-order valence-electron chi connectivity index (χ4n) is 2.83. The van der Waals surface area contributed by atoms with Gasteiger partial charge in [-0.15, -0.1) is 0 Å². The van der Waals surface area contributed by atoms with E-state index in [1.807, 2.05) is 12.1 Å². The Labute approximate surface area is 108 Å². The molecule has 4 nitrogen and oxygen atoms in total. The predicted molar refractivity (Wildman–Crippen MR) is 72.8 cm³/mol. The molecule has 1 saturated carbocycles. The topological polar surface area (TPSA) is 42.5 Å². The molecule has 1 aliphatic carbocycles. The van der Waals surface area contributed by atoms with Gasteiger partial charge in [-0.2, -0.15) is 0 Å². The minimum atomic E-state index is 0.444. The fraction of sp³-hybridized carbons (Fsp3) is 0.571. The summed E-state index contributed by atoms with van der Waals surface area (Å²) in [6.45, 7) is 2.09. The average molecular weight is 248 g/mol. The first-order valence-corrected chi connectivity index (χ1v) is 6.50. The smallest absolute Gasteiger partial charge is 0.162 e. The summed E-state index contributed by atoms with van der Waals surface area (Å²) in [5.41, 5.74) is 2.66. The number of rotatable bonds is 2. The summed E-state index contributed by atoms with van der Waals surface area (Å²) >= 11 is 0. The van der Waals surface area contributed by atoms with Crippen molar-refractivity contribution < 1.29 is 9.47 Å². The SMILES string of the molecule is COc1cc2c(cc1OC)NCC1(CCC1)CN2. The summed E-state index contributed by atoms with van der Waals surface area (Å²) in [5.74, 6) is 1.55. The van der Waals surface area contributed by atoms with Crippen LogP contribution in [-0.2, 0) is 0 Å². The normalized spacial score (nSPS) is 19.9. The molecule has 1 spiro atoms. The number of anilines is 2. The highest BCUT2D eigenvalue weighted by Gasteiger charge is 2.38. The van der Waals surface area contributed by atoms with E-state index in [2.05, 4.69) is 10.6 Å². The van der Waals surface area contributed by atoms with Gasteiger partial charge in [0.15, 0.2) is 11.5 Å². The first kappa shape index (κ1) is 11.5. The summed E-state index contributed by atoms with van der Waals surface area (Å²) in [4.78, 5) is 0. The van der Waals surface area contributed by atoms with Crippen LogP contribution in [0.4, 0.5) is 11.4 Å². The van der Waals surface area contributed by atoms with Crippen molar-refractivity contribution in [3.63, 3.8) is 0 Å². The molecule has 0 radical (unpaired) electrons. The molecular weight excluding hydrogens is 228 g/mol. The molecule has 2 N–H and O–H groups in total.